The summed E-state index contributed by atoms with van der Waals surface area (Å²) in [5, 5.41) is 9.15. The van der Waals surface area contributed by atoms with Crippen LogP contribution >= 0.6 is 11.8 Å². The number of aryl methyl sites for hydroxylation is 1. The van der Waals surface area contributed by atoms with Gasteiger partial charge in [0.05, 0.1) is 0 Å². The molecule has 1 aromatic heterocycles. The summed E-state index contributed by atoms with van der Waals surface area (Å²) >= 11 is 1.62. The second kappa shape index (κ2) is 6.10. The van der Waals surface area contributed by atoms with Crippen molar-refractivity contribution in [2.45, 2.75) is 17.8 Å². The third kappa shape index (κ3) is 3.13. The lowest BCUT2D eigenvalue weighted by molar-refractivity contribution is 0.627. The molecular weight excluding hydrogens is 285 g/mol. The van der Waals surface area contributed by atoms with Crippen molar-refractivity contribution < 1.29 is 4.39 Å². The van der Waals surface area contributed by atoms with Crippen LogP contribution in [0.15, 0.2) is 59.8 Å². The largest absolute Gasteiger partial charge is 0.274 e. The monoisotopic (exact) mass is 299 g/mol. The molecule has 21 heavy (non-hydrogen) atoms. The average Bonchev–Trinajstić information content (AvgIpc) is 2.88. The highest BCUT2D eigenvalue weighted by atomic mass is 32.2. The molecule has 2 aromatic carbocycles. The van der Waals surface area contributed by atoms with Crippen molar-refractivity contribution >= 4 is 11.8 Å². The lowest BCUT2D eigenvalue weighted by Gasteiger charge is -2.08. The Balaban J connectivity index is 1.85. The molecule has 3 nitrogen and oxygen atoms in total. The van der Waals surface area contributed by atoms with Crippen molar-refractivity contribution in [3.8, 4) is 5.69 Å². The van der Waals surface area contributed by atoms with Gasteiger partial charge in [0.25, 0.3) is 0 Å². The van der Waals surface area contributed by atoms with E-state index in [0.717, 1.165) is 22.4 Å². The van der Waals surface area contributed by atoms with Gasteiger partial charge in [0.1, 0.15) is 11.6 Å². The Morgan fingerprint density at radius 3 is 2.43 bits per heavy atom. The predicted molar refractivity (Wildman–Crippen MR) is 82.1 cm³/mol. The van der Waals surface area contributed by atoms with E-state index in [4.69, 9.17) is 0 Å². The second-order valence-electron chi connectivity index (χ2n) is 4.62. The first kappa shape index (κ1) is 13.8. The van der Waals surface area contributed by atoms with Gasteiger partial charge < -0.3 is 0 Å². The zero-order valence-corrected chi connectivity index (χ0v) is 12.3. The Hall–Kier alpha value is -2.14. The van der Waals surface area contributed by atoms with E-state index in [2.05, 4.69) is 22.3 Å². The highest BCUT2D eigenvalue weighted by molar-refractivity contribution is 7.98. The van der Waals surface area contributed by atoms with Crippen LogP contribution in [0.1, 0.15) is 11.4 Å². The highest BCUT2D eigenvalue weighted by Crippen LogP contribution is 2.25. The molecule has 5 heteroatoms. The molecule has 0 radical (unpaired) electrons. The van der Waals surface area contributed by atoms with E-state index in [0.29, 0.717) is 0 Å². The Bertz CT molecular complexity index is 723. The minimum absolute atomic E-state index is 0.247. The first-order valence-corrected chi connectivity index (χ1v) is 7.57. The summed E-state index contributed by atoms with van der Waals surface area (Å²) in [6, 6.07) is 16.6. The smallest absolute Gasteiger partial charge is 0.196 e. The normalized spacial score (nSPS) is 10.8. The first-order chi connectivity index (χ1) is 10.2. The summed E-state index contributed by atoms with van der Waals surface area (Å²) in [7, 11) is 0. The van der Waals surface area contributed by atoms with Crippen LogP contribution < -0.4 is 0 Å². The van der Waals surface area contributed by atoms with Crippen molar-refractivity contribution in [2.75, 3.05) is 0 Å². The lowest BCUT2D eigenvalue weighted by Crippen LogP contribution is -1.99. The molecule has 0 unspecified atom stereocenters. The molecule has 0 spiro atoms. The summed E-state index contributed by atoms with van der Waals surface area (Å²) in [4.78, 5) is 0. The molecule has 0 atom stereocenters. The summed E-state index contributed by atoms with van der Waals surface area (Å²) in [5.41, 5.74) is 2.10. The summed E-state index contributed by atoms with van der Waals surface area (Å²) in [6.07, 6.45) is 0. The summed E-state index contributed by atoms with van der Waals surface area (Å²) in [5.74, 6) is 1.36. The van der Waals surface area contributed by atoms with Crippen LogP contribution in [0.5, 0.6) is 0 Å². The summed E-state index contributed by atoms with van der Waals surface area (Å²) < 4.78 is 15.0. The van der Waals surface area contributed by atoms with Crippen LogP contribution in [0, 0.1) is 12.7 Å². The van der Waals surface area contributed by atoms with Crippen LogP contribution in [0.25, 0.3) is 5.69 Å². The number of halogens is 1. The molecule has 3 rings (SSSR count). The standard InChI is InChI=1S/C16H14FN3S/c1-12-18-19-16(21-11-13-5-3-2-4-6-13)20(12)15-9-7-14(17)8-10-15/h2-10H,11H2,1H3. The Kier molecular flexibility index (Phi) is 4.01. The fraction of sp³-hybridized carbons (Fsp3) is 0.125. The maximum absolute atomic E-state index is 13.1. The second-order valence-corrected chi connectivity index (χ2v) is 5.56. The number of aromatic nitrogens is 3. The number of rotatable bonds is 4. The molecule has 0 aliphatic heterocycles. The molecule has 3 aromatic rings. The molecule has 0 aliphatic carbocycles. The van der Waals surface area contributed by atoms with E-state index in [9.17, 15) is 4.39 Å². The van der Waals surface area contributed by atoms with Crippen LogP contribution in [0.2, 0.25) is 0 Å². The third-order valence-corrected chi connectivity index (χ3v) is 4.09. The van der Waals surface area contributed by atoms with Crippen LogP contribution in [-0.4, -0.2) is 14.8 Å². The van der Waals surface area contributed by atoms with Gasteiger partial charge in [0.2, 0.25) is 0 Å². The number of nitrogens with zero attached hydrogens (tertiary/aromatic N) is 3. The van der Waals surface area contributed by atoms with Crippen LogP contribution in [0.3, 0.4) is 0 Å². The van der Waals surface area contributed by atoms with E-state index in [1.54, 1.807) is 23.9 Å². The Morgan fingerprint density at radius 2 is 1.71 bits per heavy atom. The van der Waals surface area contributed by atoms with E-state index in [-0.39, 0.29) is 5.82 Å². The fourth-order valence-electron chi connectivity index (χ4n) is 2.05. The number of thioether (sulfide) groups is 1. The maximum Gasteiger partial charge on any atom is 0.196 e. The molecular formula is C16H14FN3S. The van der Waals surface area contributed by atoms with Crippen molar-refractivity contribution in [3.63, 3.8) is 0 Å². The molecule has 0 saturated heterocycles. The van der Waals surface area contributed by atoms with Gasteiger partial charge in [-0.2, -0.15) is 0 Å². The Labute approximate surface area is 126 Å². The number of hydrogen-bond donors (Lipinski definition) is 0. The van der Waals surface area contributed by atoms with Gasteiger partial charge >= 0.3 is 0 Å². The van der Waals surface area contributed by atoms with Gasteiger partial charge in [-0.3, -0.25) is 4.57 Å². The van der Waals surface area contributed by atoms with E-state index >= 15 is 0 Å². The van der Waals surface area contributed by atoms with Gasteiger partial charge in [-0.15, -0.1) is 10.2 Å². The third-order valence-electron chi connectivity index (χ3n) is 3.09. The van der Waals surface area contributed by atoms with Crippen LogP contribution in [-0.2, 0) is 5.75 Å². The van der Waals surface area contributed by atoms with E-state index in [1.165, 1.54) is 17.7 Å². The van der Waals surface area contributed by atoms with Crippen molar-refractivity contribution in [1.29, 1.82) is 0 Å². The molecule has 0 fully saturated rings. The first-order valence-electron chi connectivity index (χ1n) is 6.59. The minimum Gasteiger partial charge on any atom is -0.274 e. The van der Waals surface area contributed by atoms with Crippen molar-refractivity contribution in [3.05, 3.63) is 71.8 Å². The van der Waals surface area contributed by atoms with Crippen molar-refractivity contribution in [2.24, 2.45) is 0 Å². The fourth-order valence-corrected chi connectivity index (χ4v) is 3.00. The topological polar surface area (TPSA) is 30.7 Å². The van der Waals surface area contributed by atoms with Gasteiger partial charge in [0, 0.05) is 11.4 Å². The zero-order chi connectivity index (χ0) is 14.7. The maximum atomic E-state index is 13.1. The minimum atomic E-state index is -0.247. The highest BCUT2D eigenvalue weighted by Gasteiger charge is 2.11. The van der Waals surface area contributed by atoms with Gasteiger partial charge in [-0.1, -0.05) is 42.1 Å². The molecule has 106 valence electrons. The lowest BCUT2D eigenvalue weighted by atomic mass is 10.2. The number of hydrogen-bond acceptors (Lipinski definition) is 3. The predicted octanol–water partition coefficient (Wildman–Crippen LogP) is 4.01. The van der Waals surface area contributed by atoms with Crippen molar-refractivity contribution in [1.82, 2.24) is 14.8 Å². The average molecular weight is 299 g/mol. The molecule has 0 bridgehead atoms. The van der Waals surface area contributed by atoms with Crippen LogP contribution in [0.4, 0.5) is 4.39 Å². The quantitative estimate of drug-likeness (QED) is 0.682. The molecule has 0 N–H and O–H groups in total. The van der Waals surface area contributed by atoms with E-state index < -0.39 is 0 Å². The van der Waals surface area contributed by atoms with Gasteiger partial charge in [0.15, 0.2) is 5.16 Å². The number of benzene rings is 2. The SMILES string of the molecule is Cc1nnc(SCc2ccccc2)n1-c1ccc(F)cc1. The Morgan fingerprint density at radius 1 is 1.00 bits per heavy atom. The molecule has 1 heterocycles. The summed E-state index contributed by atoms with van der Waals surface area (Å²) in [6.45, 7) is 1.89. The van der Waals surface area contributed by atoms with Gasteiger partial charge in [-0.05, 0) is 36.8 Å². The van der Waals surface area contributed by atoms with Gasteiger partial charge in [-0.25, -0.2) is 4.39 Å². The van der Waals surface area contributed by atoms with E-state index in [1.807, 2.05) is 29.7 Å². The zero-order valence-electron chi connectivity index (χ0n) is 11.5. The molecule has 0 saturated carbocycles. The molecule has 0 aliphatic rings. The molecule has 0 amide bonds.